The molecule has 1 unspecified atom stereocenters. The van der Waals surface area contributed by atoms with Gasteiger partial charge in [0.05, 0.1) is 11.6 Å². The van der Waals surface area contributed by atoms with E-state index in [0.29, 0.717) is 6.04 Å². The second-order valence-electron chi connectivity index (χ2n) is 4.09. The summed E-state index contributed by atoms with van der Waals surface area (Å²) >= 11 is 1.77. The fraction of sp³-hybridized carbons (Fsp3) is 0.231. The Balaban J connectivity index is 1.98. The van der Waals surface area contributed by atoms with Gasteiger partial charge in [-0.3, -0.25) is 9.98 Å². The van der Waals surface area contributed by atoms with Gasteiger partial charge in [-0.15, -0.1) is 0 Å². The number of fused-ring (bicyclic) bond motifs is 1. The van der Waals surface area contributed by atoms with E-state index >= 15 is 0 Å². The number of thioether (sulfide) groups is 1. The van der Waals surface area contributed by atoms with Crippen LogP contribution in [-0.4, -0.2) is 21.9 Å². The molecule has 0 aliphatic carbocycles. The summed E-state index contributed by atoms with van der Waals surface area (Å²) in [6.07, 6.45) is 1.82. The maximum atomic E-state index is 4.54. The first-order chi connectivity index (χ1) is 8.33. The molecule has 1 N–H and O–H groups in total. The third-order valence-corrected chi connectivity index (χ3v) is 3.82. The monoisotopic (exact) mass is 243 g/mol. The van der Waals surface area contributed by atoms with Crippen molar-refractivity contribution >= 4 is 33.5 Å². The summed E-state index contributed by atoms with van der Waals surface area (Å²) in [6, 6.07) is 10.5. The van der Waals surface area contributed by atoms with Crippen molar-refractivity contribution in [3.05, 3.63) is 36.5 Å². The number of benzene rings is 1. The van der Waals surface area contributed by atoms with Gasteiger partial charge >= 0.3 is 0 Å². The molecule has 0 fully saturated rings. The van der Waals surface area contributed by atoms with Crippen molar-refractivity contribution in [3.8, 4) is 0 Å². The molecule has 1 aliphatic heterocycles. The van der Waals surface area contributed by atoms with Gasteiger partial charge in [0.2, 0.25) is 0 Å². The molecule has 1 aromatic carbocycles. The zero-order valence-corrected chi connectivity index (χ0v) is 10.4. The number of nitrogens with zero attached hydrogens (tertiary/aromatic N) is 2. The second-order valence-corrected chi connectivity index (χ2v) is 5.10. The number of nitrogens with one attached hydrogen (secondary N) is 1. The largest absolute Gasteiger partial charge is 0.334 e. The first kappa shape index (κ1) is 10.6. The first-order valence-electron chi connectivity index (χ1n) is 5.64. The molecule has 0 spiro atoms. The number of pyridine rings is 1. The zero-order valence-electron chi connectivity index (χ0n) is 9.55. The number of anilines is 1. The van der Waals surface area contributed by atoms with Crippen LogP contribution in [0.1, 0.15) is 6.92 Å². The van der Waals surface area contributed by atoms with E-state index in [1.807, 2.05) is 24.4 Å². The van der Waals surface area contributed by atoms with Crippen molar-refractivity contribution in [2.75, 3.05) is 11.1 Å². The number of amidine groups is 1. The molecule has 0 radical (unpaired) electrons. The highest BCUT2D eigenvalue weighted by Gasteiger charge is 2.14. The van der Waals surface area contributed by atoms with E-state index < -0.39 is 0 Å². The Labute approximate surface area is 104 Å². The second kappa shape index (κ2) is 4.37. The molecule has 1 atom stereocenters. The lowest BCUT2D eigenvalue weighted by Crippen LogP contribution is -2.05. The quantitative estimate of drug-likeness (QED) is 0.836. The van der Waals surface area contributed by atoms with Crippen LogP contribution in [0.4, 0.5) is 5.69 Å². The van der Waals surface area contributed by atoms with Gasteiger partial charge in [-0.25, -0.2) is 0 Å². The van der Waals surface area contributed by atoms with Gasteiger partial charge in [0.25, 0.3) is 0 Å². The van der Waals surface area contributed by atoms with Crippen molar-refractivity contribution in [1.29, 1.82) is 0 Å². The molecular weight excluding hydrogens is 230 g/mol. The van der Waals surface area contributed by atoms with Crippen LogP contribution in [0.2, 0.25) is 0 Å². The summed E-state index contributed by atoms with van der Waals surface area (Å²) in [6.45, 7) is 2.13. The van der Waals surface area contributed by atoms with Crippen LogP contribution in [0.3, 0.4) is 0 Å². The summed E-state index contributed by atoms with van der Waals surface area (Å²) in [5, 5.41) is 5.53. The average molecular weight is 243 g/mol. The van der Waals surface area contributed by atoms with Gasteiger partial charge in [0, 0.05) is 23.0 Å². The molecule has 0 bridgehead atoms. The minimum absolute atomic E-state index is 0.413. The molecule has 0 saturated heterocycles. The van der Waals surface area contributed by atoms with Crippen molar-refractivity contribution in [1.82, 2.24) is 4.98 Å². The Morgan fingerprint density at radius 3 is 3.06 bits per heavy atom. The van der Waals surface area contributed by atoms with E-state index in [1.54, 1.807) is 11.8 Å². The molecule has 3 nitrogen and oxygen atoms in total. The molecule has 1 aromatic heterocycles. The standard InChI is InChI=1S/C13H13N3S/c1-9-8-17-13(15-9)16-12-6-2-5-11-10(12)4-3-7-14-11/h2-7,9H,8H2,1H3,(H,15,16). The summed E-state index contributed by atoms with van der Waals surface area (Å²) in [5.41, 5.74) is 2.09. The highest BCUT2D eigenvalue weighted by Crippen LogP contribution is 2.25. The number of hydrogen-bond donors (Lipinski definition) is 1. The van der Waals surface area contributed by atoms with Crippen LogP contribution in [0.25, 0.3) is 10.9 Å². The molecule has 86 valence electrons. The van der Waals surface area contributed by atoms with Crippen molar-refractivity contribution in [2.24, 2.45) is 4.99 Å². The maximum absolute atomic E-state index is 4.54. The molecule has 3 rings (SSSR count). The molecule has 17 heavy (non-hydrogen) atoms. The maximum Gasteiger partial charge on any atom is 0.161 e. The third-order valence-electron chi connectivity index (χ3n) is 2.69. The number of rotatable bonds is 1. The normalized spacial score (nSPS) is 19.4. The van der Waals surface area contributed by atoms with Crippen LogP contribution < -0.4 is 5.32 Å². The smallest absolute Gasteiger partial charge is 0.161 e. The minimum atomic E-state index is 0.413. The predicted octanol–water partition coefficient (Wildman–Crippen LogP) is 3.14. The molecule has 2 heterocycles. The fourth-order valence-corrected chi connectivity index (χ4v) is 2.78. The van der Waals surface area contributed by atoms with E-state index in [1.165, 1.54) is 0 Å². The van der Waals surface area contributed by atoms with Gasteiger partial charge in [-0.05, 0) is 31.2 Å². The molecule has 0 amide bonds. The zero-order chi connectivity index (χ0) is 11.7. The summed E-state index contributed by atoms with van der Waals surface area (Å²) < 4.78 is 0. The molecule has 1 aliphatic rings. The predicted molar refractivity (Wildman–Crippen MR) is 74.7 cm³/mol. The number of aliphatic imine (C=N–C) groups is 1. The summed E-state index contributed by atoms with van der Waals surface area (Å²) in [7, 11) is 0. The van der Waals surface area contributed by atoms with Crippen molar-refractivity contribution < 1.29 is 0 Å². The Hall–Kier alpha value is -1.55. The van der Waals surface area contributed by atoms with Crippen LogP contribution >= 0.6 is 11.8 Å². The molecule has 0 saturated carbocycles. The van der Waals surface area contributed by atoms with E-state index in [0.717, 1.165) is 27.5 Å². The van der Waals surface area contributed by atoms with Crippen LogP contribution in [-0.2, 0) is 0 Å². The van der Waals surface area contributed by atoms with Crippen molar-refractivity contribution in [2.45, 2.75) is 13.0 Å². The minimum Gasteiger partial charge on any atom is -0.334 e. The Kier molecular flexibility index (Phi) is 2.73. The van der Waals surface area contributed by atoms with Gasteiger partial charge in [0.1, 0.15) is 0 Å². The highest BCUT2D eigenvalue weighted by molar-refractivity contribution is 8.14. The van der Waals surface area contributed by atoms with Crippen LogP contribution in [0.5, 0.6) is 0 Å². The Morgan fingerprint density at radius 2 is 2.24 bits per heavy atom. The van der Waals surface area contributed by atoms with E-state index in [4.69, 9.17) is 0 Å². The van der Waals surface area contributed by atoms with Gasteiger partial charge in [0.15, 0.2) is 5.17 Å². The van der Waals surface area contributed by atoms with Crippen LogP contribution in [0.15, 0.2) is 41.5 Å². The lowest BCUT2D eigenvalue weighted by Gasteiger charge is -2.07. The SMILES string of the molecule is CC1CSC(Nc2cccc3ncccc23)=N1. The fourth-order valence-electron chi connectivity index (χ4n) is 1.87. The Bertz CT molecular complexity index is 574. The van der Waals surface area contributed by atoms with E-state index in [-0.39, 0.29) is 0 Å². The van der Waals surface area contributed by atoms with Gasteiger partial charge < -0.3 is 5.32 Å². The molecular formula is C13H13N3S. The van der Waals surface area contributed by atoms with E-state index in [2.05, 4.69) is 34.3 Å². The average Bonchev–Trinajstić information content (AvgIpc) is 2.75. The van der Waals surface area contributed by atoms with Gasteiger partial charge in [-0.2, -0.15) is 0 Å². The molecule has 2 aromatic rings. The Morgan fingerprint density at radius 1 is 1.29 bits per heavy atom. The first-order valence-corrected chi connectivity index (χ1v) is 6.63. The topological polar surface area (TPSA) is 37.3 Å². The lowest BCUT2D eigenvalue weighted by molar-refractivity contribution is 0.865. The summed E-state index contributed by atoms with van der Waals surface area (Å²) in [4.78, 5) is 8.88. The molecule has 4 heteroatoms. The van der Waals surface area contributed by atoms with Gasteiger partial charge in [-0.1, -0.05) is 17.8 Å². The number of aromatic nitrogens is 1. The summed E-state index contributed by atoms with van der Waals surface area (Å²) in [5.74, 6) is 1.06. The third kappa shape index (κ3) is 2.13. The number of hydrogen-bond acceptors (Lipinski definition) is 4. The van der Waals surface area contributed by atoms with E-state index in [9.17, 15) is 0 Å². The van der Waals surface area contributed by atoms with Crippen LogP contribution in [0, 0.1) is 0 Å². The lowest BCUT2D eigenvalue weighted by atomic mass is 10.2. The highest BCUT2D eigenvalue weighted by atomic mass is 32.2. The van der Waals surface area contributed by atoms with Crippen molar-refractivity contribution in [3.63, 3.8) is 0 Å².